The molecule has 0 bridgehead atoms. The largest absolute Gasteiger partial charge is 0.478 e. The summed E-state index contributed by atoms with van der Waals surface area (Å²) in [6, 6.07) is 12.3. The van der Waals surface area contributed by atoms with Gasteiger partial charge in [-0.25, -0.2) is 4.79 Å². The Morgan fingerprint density at radius 1 is 1.11 bits per heavy atom. The summed E-state index contributed by atoms with van der Waals surface area (Å²) in [4.78, 5) is 12.5. The molecule has 0 radical (unpaired) electrons. The summed E-state index contributed by atoms with van der Waals surface area (Å²) in [5.74, 6) is -1.03. The molecule has 0 unspecified atom stereocenters. The van der Waals surface area contributed by atoms with Crippen molar-refractivity contribution in [2.75, 3.05) is 5.73 Å². The lowest BCUT2D eigenvalue weighted by molar-refractivity contribution is 0.0698. The van der Waals surface area contributed by atoms with E-state index in [4.69, 9.17) is 22.4 Å². The van der Waals surface area contributed by atoms with E-state index < -0.39 is 5.97 Å². The van der Waals surface area contributed by atoms with Gasteiger partial charge in [-0.1, -0.05) is 41.6 Å². The maximum atomic E-state index is 11.0. The molecular formula is C13H10ClNO2S. The van der Waals surface area contributed by atoms with Gasteiger partial charge in [0, 0.05) is 9.79 Å². The molecule has 2 aromatic rings. The lowest BCUT2D eigenvalue weighted by Gasteiger charge is -2.08. The van der Waals surface area contributed by atoms with Crippen molar-refractivity contribution in [1.29, 1.82) is 0 Å². The average Bonchev–Trinajstić information content (AvgIpc) is 2.34. The summed E-state index contributed by atoms with van der Waals surface area (Å²) in [5.41, 5.74) is 6.20. The molecule has 0 aliphatic carbocycles. The summed E-state index contributed by atoms with van der Waals surface area (Å²) < 4.78 is 0. The van der Waals surface area contributed by atoms with E-state index in [1.807, 2.05) is 18.2 Å². The highest BCUT2D eigenvalue weighted by molar-refractivity contribution is 7.99. The van der Waals surface area contributed by atoms with Crippen molar-refractivity contribution in [2.45, 2.75) is 9.79 Å². The molecule has 0 heterocycles. The van der Waals surface area contributed by atoms with Crippen LogP contribution in [-0.2, 0) is 0 Å². The first-order chi connectivity index (χ1) is 8.59. The Balaban J connectivity index is 2.39. The Morgan fingerprint density at radius 3 is 2.44 bits per heavy atom. The molecule has 0 atom stereocenters. The Kier molecular flexibility index (Phi) is 3.79. The van der Waals surface area contributed by atoms with Crippen molar-refractivity contribution in [3.63, 3.8) is 0 Å². The molecule has 3 N–H and O–H groups in total. The monoisotopic (exact) mass is 279 g/mol. The zero-order valence-electron chi connectivity index (χ0n) is 9.26. The van der Waals surface area contributed by atoms with Gasteiger partial charge in [-0.2, -0.15) is 0 Å². The molecule has 92 valence electrons. The van der Waals surface area contributed by atoms with E-state index in [0.717, 1.165) is 4.90 Å². The zero-order valence-corrected chi connectivity index (χ0v) is 10.8. The van der Waals surface area contributed by atoms with E-state index in [2.05, 4.69) is 0 Å². The van der Waals surface area contributed by atoms with E-state index in [1.54, 1.807) is 18.2 Å². The molecule has 18 heavy (non-hydrogen) atoms. The van der Waals surface area contributed by atoms with Crippen molar-refractivity contribution >= 4 is 35.0 Å². The van der Waals surface area contributed by atoms with Gasteiger partial charge in [0.1, 0.15) is 0 Å². The molecule has 5 heteroatoms. The number of benzene rings is 2. The zero-order chi connectivity index (χ0) is 13.1. The van der Waals surface area contributed by atoms with Crippen LogP contribution in [0, 0.1) is 0 Å². The van der Waals surface area contributed by atoms with Crippen LogP contribution < -0.4 is 5.73 Å². The first-order valence-corrected chi connectivity index (χ1v) is 6.33. The van der Waals surface area contributed by atoms with Gasteiger partial charge in [0.2, 0.25) is 0 Å². The Morgan fingerprint density at radius 2 is 1.78 bits per heavy atom. The van der Waals surface area contributed by atoms with Gasteiger partial charge in [-0.15, -0.1) is 0 Å². The number of aromatic carboxylic acids is 1. The molecule has 0 aliphatic rings. The highest BCUT2D eigenvalue weighted by Crippen LogP contribution is 2.37. The van der Waals surface area contributed by atoms with E-state index in [9.17, 15) is 4.79 Å². The second kappa shape index (κ2) is 5.33. The molecule has 0 spiro atoms. The third-order valence-corrected chi connectivity index (χ3v) is 3.95. The summed E-state index contributed by atoms with van der Waals surface area (Å²) >= 11 is 7.40. The van der Waals surface area contributed by atoms with Gasteiger partial charge < -0.3 is 10.8 Å². The minimum atomic E-state index is -1.03. The van der Waals surface area contributed by atoms with Crippen LogP contribution in [0.5, 0.6) is 0 Å². The summed E-state index contributed by atoms with van der Waals surface area (Å²) in [6.45, 7) is 0. The smallest absolute Gasteiger partial charge is 0.337 e. The van der Waals surface area contributed by atoms with Crippen LogP contribution in [0.3, 0.4) is 0 Å². The van der Waals surface area contributed by atoms with Crippen molar-refractivity contribution in [3.8, 4) is 0 Å². The van der Waals surface area contributed by atoms with Gasteiger partial charge in [0.25, 0.3) is 0 Å². The fourth-order valence-corrected chi connectivity index (χ4v) is 2.63. The van der Waals surface area contributed by atoms with Crippen molar-refractivity contribution in [1.82, 2.24) is 0 Å². The predicted molar refractivity (Wildman–Crippen MR) is 73.4 cm³/mol. The van der Waals surface area contributed by atoms with Crippen LogP contribution >= 0.6 is 23.4 Å². The van der Waals surface area contributed by atoms with E-state index in [1.165, 1.54) is 17.8 Å². The molecule has 0 fully saturated rings. The Hall–Kier alpha value is -1.65. The number of carboxylic acid groups (broad SMARTS) is 1. The second-order valence-electron chi connectivity index (χ2n) is 3.56. The Bertz CT molecular complexity index is 601. The average molecular weight is 280 g/mol. The number of para-hydroxylation sites is 1. The van der Waals surface area contributed by atoms with Crippen LogP contribution in [0.4, 0.5) is 5.69 Å². The van der Waals surface area contributed by atoms with Crippen LogP contribution in [-0.4, -0.2) is 11.1 Å². The molecule has 0 amide bonds. The molecule has 0 saturated carbocycles. The van der Waals surface area contributed by atoms with Crippen molar-refractivity contribution in [3.05, 3.63) is 53.1 Å². The molecule has 0 saturated heterocycles. The normalized spacial score (nSPS) is 10.3. The number of hydrogen-bond donors (Lipinski definition) is 2. The van der Waals surface area contributed by atoms with Gasteiger partial charge in [-0.05, 0) is 24.3 Å². The van der Waals surface area contributed by atoms with Gasteiger partial charge in [0.05, 0.1) is 16.3 Å². The first kappa shape index (κ1) is 12.8. The number of anilines is 1. The fourth-order valence-electron chi connectivity index (χ4n) is 1.47. The summed E-state index contributed by atoms with van der Waals surface area (Å²) in [5, 5.41) is 9.61. The number of halogens is 1. The highest BCUT2D eigenvalue weighted by Gasteiger charge is 2.12. The molecule has 0 aromatic heterocycles. The SMILES string of the molecule is Nc1c(Sc2ccccc2Cl)cccc1C(=O)O. The topological polar surface area (TPSA) is 63.3 Å². The lowest BCUT2D eigenvalue weighted by Crippen LogP contribution is -2.03. The van der Waals surface area contributed by atoms with Crippen LogP contribution in [0.25, 0.3) is 0 Å². The number of carbonyl (C=O) groups is 1. The number of hydrogen-bond acceptors (Lipinski definition) is 3. The highest BCUT2D eigenvalue weighted by atomic mass is 35.5. The first-order valence-electron chi connectivity index (χ1n) is 5.14. The van der Waals surface area contributed by atoms with Crippen molar-refractivity contribution < 1.29 is 9.90 Å². The lowest BCUT2D eigenvalue weighted by atomic mass is 10.2. The fraction of sp³-hybridized carbons (Fsp3) is 0. The third kappa shape index (κ3) is 2.60. The second-order valence-corrected chi connectivity index (χ2v) is 5.05. The standard InChI is InChI=1S/C13H10ClNO2S/c14-9-5-1-2-6-10(9)18-11-7-3-4-8(12(11)15)13(16)17/h1-7H,15H2,(H,16,17). The number of rotatable bonds is 3. The van der Waals surface area contributed by atoms with Crippen LogP contribution in [0.1, 0.15) is 10.4 Å². The minimum absolute atomic E-state index is 0.104. The Labute approximate surface area is 114 Å². The number of carboxylic acids is 1. The third-order valence-electron chi connectivity index (χ3n) is 2.35. The molecule has 3 nitrogen and oxygen atoms in total. The van der Waals surface area contributed by atoms with Gasteiger partial charge >= 0.3 is 5.97 Å². The van der Waals surface area contributed by atoms with E-state index in [0.29, 0.717) is 9.92 Å². The number of nitrogen functional groups attached to an aromatic ring is 1. The molecule has 0 aliphatic heterocycles. The van der Waals surface area contributed by atoms with E-state index in [-0.39, 0.29) is 11.3 Å². The van der Waals surface area contributed by atoms with Gasteiger partial charge in [0.15, 0.2) is 0 Å². The minimum Gasteiger partial charge on any atom is -0.478 e. The molecule has 2 aromatic carbocycles. The maximum absolute atomic E-state index is 11.0. The predicted octanol–water partition coefficient (Wildman–Crippen LogP) is 3.77. The summed E-state index contributed by atoms with van der Waals surface area (Å²) in [6.07, 6.45) is 0. The maximum Gasteiger partial charge on any atom is 0.337 e. The van der Waals surface area contributed by atoms with Crippen LogP contribution in [0.2, 0.25) is 5.02 Å². The molecule has 2 rings (SSSR count). The molecular weight excluding hydrogens is 270 g/mol. The van der Waals surface area contributed by atoms with Crippen molar-refractivity contribution in [2.24, 2.45) is 0 Å². The van der Waals surface area contributed by atoms with Gasteiger partial charge in [-0.3, -0.25) is 0 Å². The van der Waals surface area contributed by atoms with E-state index >= 15 is 0 Å². The van der Waals surface area contributed by atoms with Crippen LogP contribution in [0.15, 0.2) is 52.3 Å². The summed E-state index contributed by atoms with van der Waals surface area (Å²) in [7, 11) is 0. The number of nitrogens with two attached hydrogens (primary N) is 1. The quantitative estimate of drug-likeness (QED) is 0.840.